The molecular weight excluding hydrogens is 276 g/mol. The molecule has 0 amide bonds. The molecule has 3 rings (SSSR count). The zero-order valence-corrected chi connectivity index (χ0v) is 13.2. The van der Waals surface area contributed by atoms with Crippen molar-refractivity contribution < 1.29 is 0 Å². The van der Waals surface area contributed by atoms with Gasteiger partial charge in [0.15, 0.2) is 0 Å². The maximum atomic E-state index is 6.11. The van der Waals surface area contributed by atoms with E-state index in [2.05, 4.69) is 28.6 Å². The standard InChI is InChI=1S/C15H23ClN2S/c1-12(13-9-14(16)19-10-13)18-8-7-17-11-15(18)5-3-2-4-6-15/h9-10,12,17H,2-8,11H2,1H3. The first-order valence-corrected chi connectivity index (χ1v) is 8.68. The van der Waals surface area contributed by atoms with Gasteiger partial charge < -0.3 is 5.32 Å². The van der Waals surface area contributed by atoms with Crippen LogP contribution in [0, 0.1) is 0 Å². The second kappa shape index (κ2) is 5.72. The summed E-state index contributed by atoms with van der Waals surface area (Å²) in [5, 5.41) is 5.85. The van der Waals surface area contributed by atoms with Gasteiger partial charge in [0, 0.05) is 31.2 Å². The molecule has 106 valence electrons. The Hall–Kier alpha value is -0.0900. The van der Waals surface area contributed by atoms with Gasteiger partial charge in [-0.3, -0.25) is 4.90 Å². The van der Waals surface area contributed by atoms with Crippen LogP contribution in [-0.2, 0) is 0 Å². The zero-order chi connectivity index (χ0) is 13.3. The van der Waals surface area contributed by atoms with Gasteiger partial charge in [-0.1, -0.05) is 30.9 Å². The number of hydrogen-bond donors (Lipinski definition) is 1. The van der Waals surface area contributed by atoms with E-state index in [9.17, 15) is 0 Å². The summed E-state index contributed by atoms with van der Waals surface area (Å²) < 4.78 is 0.912. The first-order chi connectivity index (χ1) is 9.21. The van der Waals surface area contributed by atoms with Crippen LogP contribution in [-0.4, -0.2) is 30.1 Å². The van der Waals surface area contributed by atoms with E-state index in [1.165, 1.54) is 37.7 Å². The fourth-order valence-corrected chi connectivity index (χ4v) is 4.84. The zero-order valence-electron chi connectivity index (χ0n) is 11.6. The van der Waals surface area contributed by atoms with Crippen molar-refractivity contribution in [3.8, 4) is 0 Å². The van der Waals surface area contributed by atoms with E-state index in [0.717, 1.165) is 24.0 Å². The highest BCUT2D eigenvalue weighted by atomic mass is 35.5. The summed E-state index contributed by atoms with van der Waals surface area (Å²) >= 11 is 7.76. The van der Waals surface area contributed by atoms with E-state index in [-0.39, 0.29) is 0 Å². The van der Waals surface area contributed by atoms with E-state index in [0.29, 0.717) is 11.6 Å². The number of rotatable bonds is 2. The summed E-state index contributed by atoms with van der Waals surface area (Å²) in [7, 11) is 0. The highest BCUT2D eigenvalue weighted by Gasteiger charge is 2.42. The van der Waals surface area contributed by atoms with E-state index < -0.39 is 0 Å². The fraction of sp³-hybridized carbons (Fsp3) is 0.733. The van der Waals surface area contributed by atoms with Crippen LogP contribution >= 0.6 is 22.9 Å². The molecule has 1 saturated carbocycles. The number of piperazine rings is 1. The molecule has 0 radical (unpaired) electrons. The summed E-state index contributed by atoms with van der Waals surface area (Å²) in [6.45, 7) is 5.79. The number of nitrogens with zero attached hydrogens (tertiary/aromatic N) is 1. The largest absolute Gasteiger partial charge is 0.314 e. The highest BCUT2D eigenvalue weighted by molar-refractivity contribution is 7.14. The third-order valence-electron chi connectivity index (χ3n) is 4.91. The Morgan fingerprint density at radius 1 is 1.37 bits per heavy atom. The molecule has 1 atom stereocenters. The average Bonchev–Trinajstić information content (AvgIpc) is 2.86. The Labute approximate surface area is 125 Å². The second-order valence-electron chi connectivity index (χ2n) is 6.02. The molecule has 1 aliphatic heterocycles. The third kappa shape index (κ3) is 2.71. The Bertz CT molecular complexity index is 417. The summed E-state index contributed by atoms with van der Waals surface area (Å²) in [5.74, 6) is 0. The lowest BCUT2D eigenvalue weighted by molar-refractivity contribution is -0.00266. The van der Waals surface area contributed by atoms with Crippen molar-refractivity contribution in [3.05, 3.63) is 21.3 Å². The third-order valence-corrected chi connectivity index (χ3v) is 6.02. The van der Waals surface area contributed by atoms with Gasteiger partial charge >= 0.3 is 0 Å². The number of nitrogens with one attached hydrogen (secondary N) is 1. The normalized spacial score (nSPS) is 25.6. The molecule has 2 heterocycles. The van der Waals surface area contributed by atoms with Crippen molar-refractivity contribution in [1.82, 2.24) is 10.2 Å². The molecule has 1 aromatic heterocycles. The van der Waals surface area contributed by atoms with Gasteiger partial charge in [0.05, 0.1) is 4.34 Å². The molecule has 2 nitrogen and oxygen atoms in total. The number of halogens is 1. The fourth-order valence-electron chi connectivity index (χ4n) is 3.86. The van der Waals surface area contributed by atoms with Gasteiger partial charge in [-0.2, -0.15) is 0 Å². The van der Waals surface area contributed by atoms with Crippen molar-refractivity contribution in [3.63, 3.8) is 0 Å². The number of hydrogen-bond acceptors (Lipinski definition) is 3. The Morgan fingerprint density at radius 3 is 2.84 bits per heavy atom. The Morgan fingerprint density at radius 2 is 2.16 bits per heavy atom. The molecule has 1 aromatic rings. The average molecular weight is 299 g/mol. The van der Waals surface area contributed by atoms with Gasteiger partial charge in [-0.05, 0) is 36.8 Å². The topological polar surface area (TPSA) is 15.3 Å². The van der Waals surface area contributed by atoms with Crippen molar-refractivity contribution in [2.75, 3.05) is 19.6 Å². The van der Waals surface area contributed by atoms with Gasteiger partial charge in [0.1, 0.15) is 0 Å². The van der Waals surface area contributed by atoms with Crippen molar-refractivity contribution >= 4 is 22.9 Å². The quantitative estimate of drug-likeness (QED) is 0.885. The maximum absolute atomic E-state index is 6.11. The Kier molecular flexibility index (Phi) is 4.18. The van der Waals surface area contributed by atoms with Crippen molar-refractivity contribution in [1.29, 1.82) is 0 Å². The molecule has 2 fully saturated rings. The molecule has 1 saturated heterocycles. The first-order valence-electron chi connectivity index (χ1n) is 7.43. The van der Waals surface area contributed by atoms with Crippen LogP contribution in [0.2, 0.25) is 4.34 Å². The van der Waals surface area contributed by atoms with Gasteiger partial charge in [0.25, 0.3) is 0 Å². The SMILES string of the molecule is CC(c1csc(Cl)c1)N1CCNCC12CCCCC2. The van der Waals surface area contributed by atoms with Crippen LogP contribution in [0.25, 0.3) is 0 Å². The van der Waals surface area contributed by atoms with Crippen molar-refractivity contribution in [2.24, 2.45) is 0 Å². The Balaban J connectivity index is 1.83. The minimum atomic E-state index is 0.393. The molecule has 0 bridgehead atoms. The molecule has 1 unspecified atom stereocenters. The predicted octanol–water partition coefficient (Wildman–Crippen LogP) is 4.07. The van der Waals surface area contributed by atoms with Gasteiger partial charge in [0.2, 0.25) is 0 Å². The van der Waals surface area contributed by atoms with Gasteiger partial charge in [-0.25, -0.2) is 0 Å². The van der Waals surface area contributed by atoms with Crippen molar-refractivity contribution in [2.45, 2.75) is 50.6 Å². The second-order valence-corrected chi connectivity index (χ2v) is 7.56. The van der Waals surface area contributed by atoms with E-state index in [1.807, 2.05) is 0 Å². The molecule has 19 heavy (non-hydrogen) atoms. The monoisotopic (exact) mass is 298 g/mol. The minimum absolute atomic E-state index is 0.393. The van der Waals surface area contributed by atoms with Crippen LogP contribution in [0.1, 0.15) is 50.6 Å². The number of thiophene rings is 1. The smallest absolute Gasteiger partial charge is 0.0931 e. The van der Waals surface area contributed by atoms with Crippen LogP contribution in [0.15, 0.2) is 11.4 Å². The van der Waals surface area contributed by atoms with Crippen LogP contribution in [0.3, 0.4) is 0 Å². The summed E-state index contributed by atoms with van der Waals surface area (Å²) in [6, 6.07) is 2.64. The summed E-state index contributed by atoms with van der Waals surface area (Å²) in [5.41, 5.74) is 1.78. The summed E-state index contributed by atoms with van der Waals surface area (Å²) in [4.78, 5) is 2.75. The van der Waals surface area contributed by atoms with E-state index >= 15 is 0 Å². The lowest BCUT2D eigenvalue weighted by atomic mass is 9.78. The molecular formula is C15H23ClN2S. The van der Waals surface area contributed by atoms with E-state index in [1.54, 1.807) is 11.3 Å². The van der Waals surface area contributed by atoms with Crippen LogP contribution in [0.5, 0.6) is 0 Å². The molecule has 1 aliphatic carbocycles. The minimum Gasteiger partial charge on any atom is -0.314 e. The first kappa shape index (κ1) is 13.9. The lowest BCUT2D eigenvalue weighted by Crippen LogP contribution is -2.62. The summed E-state index contributed by atoms with van der Waals surface area (Å²) in [6.07, 6.45) is 6.88. The highest BCUT2D eigenvalue weighted by Crippen LogP contribution is 2.40. The van der Waals surface area contributed by atoms with E-state index in [4.69, 9.17) is 11.6 Å². The molecule has 2 aliphatic rings. The lowest BCUT2D eigenvalue weighted by Gasteiger charge is -2.52. The molecule has 0 aromatic carbocycles. The maximum Gasteiger partial charge on any atom is 0.0931 e. The molecule has 1 N–H and O–H groups in total. The van der Waals surface area contributed by atoms with Crippen LogP contribution in [0.4, 0.5) is 0 Å². The van der Waals surface area contributed by atoms with Gasteiger partial charge in [-0.15, -0.1) is 11.3 Å². The predicted molar refractivity (Wildman–Crippen MR) is 83.1 cm³/mol. The van der Waals surface area contributed by atoms with Crippen LogP contribution < -0.4 is 5.32 Å². The molecule has 4 heteroatoms. The molecule has 1 spiro atoms.